The molecular formula is C25H25F3N6O3. The number of amides is 2. The number of nitrogens with zero attached hydrogens (tertiary/aromatic N) is 5. The number of ether oxygens (including phenoxy) is 1. The number of halogens is 3. The second kappa shape index (κ2) is 9.00. The Bertz CT molecular complexity index is 1340. The summed E-state index contributed by atoms with van der Waals surface area (Å²) in [7, 11) is 0. The average Bonchev–Trinajstić information content (AvgIpc) is 3.60. The number of aromatic nitrogens is 4. The van der Waals surface area contributed by atoms with Crippen molar-refractivity contribution < 1.29 is 27.5 Å². The van der Waals surface area contributed by atoms with Crippen LogP contribution in [0.4, 0.5) is 13.2 Å². The fraction of sp³-hybridized carbons (Fsp3) is 0.480. The van der Waals surface area contributed by atoms with Crippen LogP contribution in [0, 0.1) is 17.8 Å². The fourth-order valence-electron chi connectivity index (χ4n) is 5.80. The fourth-order valence-corrected chi connectivity index (χ4v) is 5.80. The monoisotopic (exact) mass is 514 g/mol. The van der Waals surface area contributed by atoms with Crippen molar-refractivity contribution in [3.63, 3.8) is 0 Å². The number of nitrogens with one attached hydrogen (secondary N) is 1. The summed E-state index contributed by atoms with van der Waals surface area (Å²) in [5.41, 5.74) is 1.92. The molecule has 6 rings (SSSR count). The van der Waals surface area contributed by atoms with Gasteiger partial charge in [0, 0.05) is 55.7 Å². The van der Waals surface area contributed by atoms with Gasteiger partial charge in [0.05, 0.1) is 11.4 Å². The second-order valence-corrected chi connectivity index (χ2v) is 10.1. The molecule has 0 unspecified atom stereocenters. The number of H-pyrrole nitrogens is 1. The van der Waals surface area contributed by atoms with Gasteiger partial charge in [-0.15, -0.1) is 5.10 Å². The lowest BCUT2D eigenvalue weighted by Crippen LogP contribution is -2.40. The summed E-state index contributed by atoms with van der Waals surface area (Å²) in [5.74, 6) is -0.228. The number of pyridine rings is 1. The minimum atomic E-state index is -4.52. The number of aryl methyl sites for hydroxylation is 1. The van der Waals surface area contributed by atoms with E-state index >= 15 is 0 Å². The molecule has 3 aromatic rings. The van der Waals surface area contributed by atoms with Gasteiger partial charge in [-0.1, -0.05) is 23.4 Å². The number of benzene rings is 1. The van der Waals surface area contributed by atoms with Crippen LogP contribution in [0.2, 0.25) is 0 Å². The van der Waals surface area contributed by atoms with E-state index in [1.807, 2.05) is 4.90 Å². The number of likely N-dealkylation sites (tertiary alicyclic amines) is 2. The third kappa shape index (κ3) is 4.60. The summed E-state index contributed by atoms with van der Waals surface area (Å²) in [6.07, 6.45) is -2.41. The molecule has 2 amide bonds. The SMILES string of the molecule is O=C(c1cc2ccccc2c(OCC(F)(F)F)n1)N1C[C@@H]2CN(C(=O)[C@@H]3CCc4[nH]nnc4C3)C[C@H]2C1. The van der Waals surface area contributed by atoms with E-state index in [9.17, 15) is 22.8 Å². The van der Waals surface area contributed by atoms with Crippen molar-refractivity contribution in [3.05, 3.63) is 47.4 Å². The van der Waals surface area contributed by atoms with Crippen LogP contribution in [-0.4, -0.2) is 81.0 Å². The summed E-state index contributed by atoms with van der Waals surface area (Å²) in [5, 5.41) is 11.8. The summed E-state index contributed by atoms with van der Waals surface area (Å²) < 4.78 is 43.3. The van der Waals surface area contributed by atoms with Gasteiger partial charge in [0.2, 0.25) is 11.8 Å². The van der Waals surface area contributed by atoms with E-state index < -0.39 is 12.8 Å². The first-order chi connectivity index (χ1) is 17.7. The quantitative estimate of drug-likeness (QED) is 0.574. The highest BCUT2D eigenvalue weighted by molar-refractivity contribution is 5.98. The van der Waals surface area contributed by atoms with E-state index in [4.69, 9.17) is 4.74 Å². The normalized spacial score (nSPS) is 23.3. The highest BCUT2D eigenvalue weighted by atomic mass is 19.4. The van der Waals surface area contributed by atoms with Gasteiger partial charge in [0.15, 0.2) is 6.61 Å². The zero-order chi connectivity index (χ0) is 25.7. The van der Waals surface area contributed by atoms with Crippen molar-refractivity contribution in [1.82, 2.24) is 30.2 Å². The van der Waals surface area contributed by atoms with Gasteiger partial charge in [-0.2, -0.15) is 13.2 Å². The molecule has 2 aliphatic heterocycles. The van der Waals surface area contributed by atoms with Crippen LogP contribution in [-0.2, 0) is 17.6 Å². The van der Waals surface area contributed by atoms with E-state index in [-0.39, 0.29) is 41.1 Å². The minimum Gasteiger partial charge on any atom is -0.468 e. The van der Waals surface area contributed by atoms with E-state index in [1.165, 1.54) is 0 Å². The topological polar surface area (TPSA) is 104 Å². The number of rotatable bonds is 4. The molecule has 1 aliphatic carbocycles. The number of alkyl halides is 3. The van der Waals surface area contributed by atoms with Crippen LogP contribution in [0.1, 0.15) is 28.3 Å². The molecule has 194 valence electrons. The summed E-state index contributed by atoms with van der Waals surface area (Å²) >= 11 is 0. The van der Waals surface area contributed by atoms with Gasteiger partial charge in [-0.05, 0) is 30.4 Å². The van der Waals surface area contributed by atoms with Crippen molar-refractivity contribution in [2.45, 2.75) is 25.4 Å². The molecule has 2 saturated heterocycles. The Hall–Kier alpha value is -3.70. The van der Waals surface area contributed by atoms with Crippen LogP contribution < -0.4 is 4.74 Å². The molecule has 3 aliphatic rings. The third-order valence-corrected chi connectivity index (χ3v) is 7.62. The molecule has 9 nitrogen and oxygen atoms in total. The molecule has 0 saturated carbocycles. The predicted molar refractivity (Wildman–Crippen MR) is 125 cm³/mol. The number of carbonyl (C=O) groups excluding carboxylic acids is 2. The third-order valence-electron chi connectivity index (χ3n) is 7.62. The first-order valence-corrected chi connectivity index (χ1v) is 12.3. The highest BCUT2D eigenvalue weighted by Crippen LogP contribution is 2.35. The maximum absolute atomic E-state index is 13.3. The number of carbonyl (C=O) groups is 2. The number of fused-ring (bicyclic) bond motifs is 3. The lowest BCUT2D eigenvalue weighted by molar-refractivity contribution is -0.153. The molecule has 37 heavy (non-hydrogen) atoms. The van der Waals surface area contributed by atoms with E-state index in [2.05, 4.69) is 20.4 Å². The molecule has 4 heterocycles. The van der Waals surface area contributed by atoms with E-state index in [0.29, 0.717) is 43.4 Å². The predicted octanol–water partition coefficient (Wildman–Crippen LogP) is 2.63. The Morgan fingerprint density at radius 2 is 1.81 bits per heavy atom. The largest absolute Gasteiger partial charge is 0.468 e. The Morgan fingerprint density at radius 3 is 2.57 bits per heavy atom. The van der Waals surface area contributed by atoms with Crippen molar-refractivity contribution in [2.75, 3.05) is 32.8 Å². The van der Waals surface area contributed by atoms with Gasteiger partial charge < -0.3 is 14.5 Å². The smallest absolute Gasteiger partial charge is 0.422 e. The standard InChI is InChI=1S/C25H25F3N6O3/c26-25(27,28)13-37-22-18-4-2-1-3-14(18)7-21(29-22)24(36)34-11-16-9-33(10-17(16)12-34)23(35)15-5-6-19-20(8-15)31-32-30-19/h1-4,7,15-17H,5-6,8-13H2,(H,30,31,32)/t15-,16+,17+/m1/s1. The molecule has 0 bridgehead atoms. The van der Waals surface area contributed by atoms with E-state index in [1.54, 1.807) is 35.2 Å². The zero-order valence-corrected chi connectivity index (χ0v) is 19.9. The molecule has 1 N–H and O–H groups in total. The maximum atomic E-state index is 13.3. The Morgan fingerprint density at radius 1 is 1.08 bits per heavy atom. The van der Waals surface area contributed by atoms with Crippen molar-refractivity contribution >= 4 is 22.6 Å². The van der Waals surface area contributed by atoms with Crippen LogP contribution in [0.15, 0.2) is 30.3 Å². The van der Waals surface area contributed by atoms with Crippen LogP contribution >= 0.6 is 0 Å². The van der Waals surface area contributed by atoms with Crippen LogP contribution in [0.25, 0.3) is 10.8 Å². The van der Waals surface area contributed by atoms with Gasteiger partial charge >= 0.3 is 6.18 Å². The molecular weight excluding hydrogens is 489 g/mol. The number of hydrogen-bond donors (Lipinski definition) is 1. The lowest BCUT2D eigenvalue weighted by Gasteiger charge is -2.27. The molecule has 0 radical (unpaired) electrons. The molecule has 3 atom stereocenters. The maximum Gasteiger partial charge on any atom is 0.422 e. The molecule has 12 heteroatoms. The molecule has 2 fully saturated rings. The number of aromatic amines is 1. The molecule has 1 aromatic carbocycles. The van der Waals surface area contributed by atoms with Crippen molar-refractivity contribution in [3.8, 4) is 5.88 Å². The van der Waals surface area contributed by atoms with Gasteiger partial charge in [-0.25, -0.2) is 4.98 Å². The second-order valence-electron chi connectivity index (χ2n) is 10.1. The van der Waals surface area contributed by atoms with Crippen LogP contribution in [0.5, 0.6) is 5.88 Å². The Labute approximate surface area is 210 Å². The summed E-state index contributed by atoms with van der Waals surface area (Å²) in [6, 6.07) is 8.33. The Kier molecular flexibility index (Phi) is 5.76. The van der Waals surface area contributed by atoms with Gasteiger partial charge in [-0.3, -0.25) is 14.7 Å². The van der Waals surface area contributed by atoms with Crippen molar-refractivity contribution in [2.24, 2.45) is 17.8 Å². The van der Waals surface area contributed by atoms with Crippen molar-refractivity contribution in [1.29, 1.82) is 0 Å². The average molecular weight is 515 g/mol. The lowest BCUT2D eigenvalue weighted by atomic mass is 9.89. The first kappa shape index (κ1) is 23.7. The van der Waals surface area contributed by atoms with Crippen LogP contribution in [0.3, 0.4) is 0 Å². The van der Waals surface area contributed by atoms with E-state index in [0.717, 1.165) is 24.2 Å². The van der Waals surface area contributed by atoms with Gasteiger partial charge in [0.25, 0.3) is 5.91 Å². The highest BCUT2D eigenvalue weighted by Gasteiger charge is 2.45. The Balaban J connectivity index is 1.13. The molecule has 2 aromatic heterocycles. The zero-order valence-electron chi connectivity index (χ0n) is 19.9. The number of hydrogen-bond acceptors (Lipinski definition) is 6. The minimum absolute atomic E-state index is 0.0504. The summed E-state index contributed by atoms with van der Waals surface area (Å²) in [6.45, 7) is 0.622. The molecule has 0 spiro atoms. The summed E-state index contributed by atoms with van der Waals surface area (Å²) in [4.78, 5) is 34.3. The first-order valence-electron chi connectivity index (χ1n) is 12.3. The van der Waals surface area contributed by atoms with Gasteiger partial charge in [0.1, 0.15) is 5.69 Å².